The van der Waals surface area contributed by atoms with Gasteiger partial charge in [-0.05, 0) is 38.0 Å². The monoisotopic (exact) mass is 456 g/mol. The Morgan fingerprint density at radius 2 is 2.15 bits per heavy atom. The number of anilines is 1. The summed E-state index contributed by atoms with van der Waals surface area (Å²) in [6.07, 6.45) is 9.00. The van der Waals surface area contributed by atoms with Gasteiger partial charge in [-0.25, -0.2) is 9.50 Å². The van der Waals surface area contributed by atoms with Crippen LogP contribution in [0.4, 0.5) is 5.82 Å². The molecule has 3 aliphatic rings. The van der Waals surface area contributed by atoms with E-state index in [2.05, 4.69) is 22.6 Å². The van der Waals surface area contributed by atoms with Gasteiger partial charge in [0.05, 0.1) is 36.0 Å². The number of piperidine rings is 2. The second-order valence-electron chi connectivity index (χ2n) is 8.94. The van der Waals surface area contributed by atoms with E-state index in [0.29, 0.717) is 17.9 Å². The first kappa shape index (κ1) is 22.0. The summed E-state index contributed by atoms with van der Waals surface area (Å²) in [5.41, 5.74) is 3.00. The van der Waals surface area contributed by atoms with Crippen LogP contribution in [0.2, 0.25) is 0 Å². The van der Waals surface area contributed by atoms with E-state index in [-0.39, 0.29) is 23.9 Å². The zero-order valence-electron chi connectivity index (χ0n) is 19.5. The summed E-state index contributed by atoms with van der Waals surface area (Å²) in [7, 11) is 0. The number of ether oxygens (including phenoxy) is 1. The second-order valence-corrected chi connectivity index (χ2v) is 8.94. The first-order valence-corrected chi connectivity index (χ1v) is 11.7. The van der Waals surface area contributed by atoms with Crippen LogP contribution in [0.5, 0.6) is 5.75 Å². The smallest absolute Gasteiger partial charge is 0.229 e. The predicted octanol–water partition coefficient (Wildman–Crippen LogP) is 3.67. The molecule has 3 atom stereocenters. The van der Waals surface area contributed by atoms with Gasteiger partial charge in [0.2, 0.25) is 5.91 Å². The Morgan fingerprint density at radius 3 is 2.79 bits per heavy atom. The third-order valence-corrected chi connectivity index (χ3v) is 6.93. The number of piperazine rings is 1. The molecule has 8 heteroatoms. The van der Waals surface area contributed by atoms with Crippen molar-refractivity contribution in [1.29, 1.82) is 5.26 Å². The highest BCUT2D eigenvalue weighted by atomic mass is 16.5. The largest absolute Gasteiger partial charge is 0.492 e. The van der Waals surface area contributed by atoms with Crippen molar-refractivity contribution >= 4 is 17.2 Å². The zero-order chi connectivity index (χ0) is 23.8. The summed E-state index contributed by atoms with van der Waals surface area (Å²) in [5.74, 6) is 1.61. The summed E-state index contributed by atoms with van der Waals surface area (Å²) in [6, 6.07) is 8.69. The third kappa shape index (κ3) is 3.67. The molecule has 34 heavy (non-hydrogen) atoms. The topological polar surface area (TPSA) is 86.8 Å². The molecule has 6 heterocycles. The Hall–Kier alpha value is -3.86. The maximum atomic E-state index is 12.8. The summed E-state index contributed by atoms with van der Waals surface area (Å²) >= 11 is 0. The van der Waals surface area contributed by atoms with Crippen molar-refractivity contribution in [2.75, 3.05) is 24.6 Å². The fourth-order valence-corrected chi connectivity index (χ4v) is 5.10. The van der Waals surface area contributed by atoms with Crippen LogP contribution in [0, 0.1) is 17.2 Å². The van der Waals surface area contributed by atoms with Gasteiger partial charge in [-0.2, -0.15) is 10.4 Å². The van der Waals surface area contributed by atoms with Crippen LogP contribution in [-0.4, -0.2) is 57.2 Å². The molecule has 3 fully saturated rings. The Labute approximate surface area is 199 Å². The van der Waals surface area contributed by atoms with Crippen LogP contribution in [0.3, 0.4) is 0 Å². The Morgan fingerprint density at radius 1 is 1.32 bits per heavy atom. The van der Waals surface area contributed by atoms with Gasteiger partial charge in [-0.3, -0.25) is 4.79 Å². The average Bonchev–Trinajstić information content (AvgIpc) is 3.31. The minimum Gasteiger partial charge on any atom is -0.492 e. The van der Waals surface area contributed by atoms with Gasteiger partial charge >= 0.3 is 0 Å². The van der Waals surface area contributed by atoms with Crippen molar-refractivity contribution < 1.29 is 9.53 Å². The fraction of sp³-hybridized carbons (Fsp3) is 0.385. The number of hydrogen-bond acceptors (Lipinski definition) is 6. The lowest BCUT2D eigenvalue weighted by molar-refractivity contribution is -0.138. The van der Waals surface area contributed by atoms with Crippen molar-refractivity contribution in [1.82, 2.24) is 19.5 Å². The molecule has 3 saturated heterocycles. The van der Waals surface area contributed by atoms with E-state index < -0.39 is 0 Å². The molecule has 6 rings (SSSR count). The standard InChI is InChI=1S/C26H28N6O2/c1-4-17(3)26(33)31-15-20-7-8-21(31)14-30(20)24-9-6-18(12-28-24)23-10-22(34-5-2)16-32-25(23)19(11-27)13-29-32/h4,6,9-10,12-13,16-17,20-21H,1,5,7-8,14-15H2,2-3H3. The molecule has 3 unspecified atom stereocenters. The lowest BCUT2D eigenvalue weighted by Gasteiger charge is -2.52. The van der Waals surface area contributed by atoms with Crippen molar-refractivity contribution in [3.63, 3.8) is 0 Å². The maximum absolute atomic E-state index is 12.8. The molecule has 174 valence electrons. The SMILES string of the molecule is C=CC(C)C(=O)N1CC2CCC1CN2c1ccc(-c2cc(OCC)cn3ncc(C#N)c23)cn1. The first-order chi connectivity index (χ1) is 16.5. The number of pyridine rings is 2. The number of nitriles is 1. The minimum absolute atomic E-state index is 0.156. The number of aromatic nitrogens is 3. The summed E-state index contributed by atoms with van der Waals surface area (Å²) in [6.45, 7) is 9.67. The molecule has 2 bridgehead atoms. The second kappa shape index (κ2) is 8.82. The van der Waals surface area contributed by atoms with Crippen LogP contribution in [0.1, 0.15) is 32.3 Å². The molecule has 0 spiro atoms. The fourth-order valence-electron chi connectivity index (χ4n) is 5.10. The molecule has 0 radical (unpaired) electrons. The highest BCUT2D eigenvalue weighted by molar-refractivity contribution is 5.85. The first-order valence-electron chi connectivity index (χ1n) is 11.7. The number of rotatable bonds is 6. The van der Waals surface area contributed by atoms with E-state index in [1.165, 1.54) is 0 Å². The maximum Gasteiger partial charge on any atom is 0.229 e. The number of fused-ring (bicyclic) bond motifs is 4. The van der Waals surface area contributed by atoms with Gasteiger partial charge in [0.15, 0.2) is 0 Å². The third-order valence-electron chi connectivity index (χ3n) is 6.93. The summed E-state index contributed by atoms with van der Waals surface area (Å²) < 4.78 is 7.40. The van der Waals surface area contributed by atoms with Crippen LogP contribution in [-0.2, 0) is 4.79 Å². The molecular formula is C26H28N6O2. The Bertz CT molecular complexity index is 1270. The highest BCUT2D eigenvalue weighted by Gasteiger charge is 2.42. The van der Waals surface area contributed by atoms with Gasteiger partial charge < -0.3 is 14.5 Å². The number of carbonyl (C=O) groups is 1. The van der Waals surface area contributed by atoms with Crippen LogP contribution in [0.25, 0.3) is 16.6 Å². The van der Waals surface area contributed by atoms with E-state index in [1.807, 2.05) is 43.1 Å². The molecular weight excluding hydrogens is 428 g/mol. The van der Waals surface area contributed by atoms with E-state index in [4.69, 9.17) is 9.72 Å². The van der Waals surface area contributed by atoms with Gasteiger partial charge in [0.25, 0.3) is 0 Å². The van der Waals surface area contributed by atoms with E-state index in [1.54, 1.807) is 23.0 Å². The predicted molar refractivity (Wildman–Crippen MR) is 130 cm³/mol. The molecule has 1 amide bonds. The number of nitrogens with zero attached hydrogens (tertiary/aromatic N) is 6. The van der Waals surface area contributed by atoms with Crippen LogP contribution < -0.4 is 9.64 Å². The van der Waals surface area contributed by atoms with Crippen molar-refractivity contribution in [3.8, 4) is 22.9 Å². The lowest BCUT2D eigenvalue weighted by Crippen LogP contribution is -2.64. The molecule has 3 aliphatic heterocycles. The van der Waals surface area contributed by atoms with Crippen LogP contribution in [0.15, 0.2) is 49.4 Å². The molecule has 0 saturated carbocycles. The van der Waals surface area contributed by atoms with Crippen LogP contribution >= 0.6 is 0 Å². The molecule has 0 aliphatic carbocycles. The van der Waals surface area contributed by atoms with Gasteiger partial charge in [0.1, 0.15) is 17.6 Å². The van der Waals surface area contributed by atoms with Crippen molar-refractivity contribution in [2.24, 2.45) is 5.92 Å². The number of amides is 1. The van der Waals surface area contributed by atoms with E-state index in [9.17, 15) is 10.1 Å². The van der Waals surface area contributed by atoms with Crippen molar-refractivity contribution in [3.05, 3.63) is 55.0 Å². The summed E-state index contributed by atoms with van der Waals surface area (Å²) in [5, 5.41) is 13.9. The zero-order valence-corrected chi connectivity index (χ0v) is 19.5. The number of hydrogen-bond donors (Lipinski definition) is 0. The molecule has 3 aromatic heterocycles. The number of carbonyl (C=O) groups excluding carboxylic acids is 1. The lowest BCUT2D eigenvalue weighted by atomic mass is 9.89. The molecule has 3 aromatic rings. The van der Waals surface area contributed by atoms with E-state index >= 15 is 0 Å². The Balaban J connectivity index is 1.43. The van der Waals surface area contributed by atoms with Gasteiger partial charge in [0, 0.05) is 42.5 Å². The van der Waals surface area contributed by atoms with E-state index in [0.717, 1.165) is 48.4 Å². The molecule has 0 aromatic carbocycles. The quantitative estimate of drug-likeness (QED) is 0.526. The minimum atomic E-state index is -0.156. The summed E-state index contributed by atoms with van der Waals surface area (Å²) in [4.78, 5) is 21.9. The van der Waals surface area contributed by atoms with Crippen molar-refractivity contribution in [2.45, 2.75) is 38.8 Å². The Kier molecular flexibility index (Phi) is 5.70. The molecule has 8 nitrogen and oxygen atoms in total. The van der Waals surface area contributed by atoms with Gasteiger partial charge in [-0.1, -0.05) is 13.0 Å². The average molecular weight is 457 g/mol. The highest BCUT2D eigenvalue weighted by Crippen LogP contribution is 2.35. The normalized spacial score (nSPS) is 20.3. The molecule has 0 N–H and O–H groups in total. The van der Waals surface area contributed by atoms with Gasteiger partial charge in [-0.15, -0.1) is 6.58 Å².